The molecule has 0 fully saturated rings. The van der Waals surface area contributed by atoms with E-state index in [0.29, 0.717) is 27.9 Å². The Bertz CT molecular complexity index is 1070. The first-order chi connectivity index (χ1) is 13.8. The first kappa shape index (κ1) is 18.9. The van der Waals surface area contributed by atoms with E-state index in [2.05, 4.69) is 4.98 Å². The second-order valence-corrected chi connectivity index (χ2v) is 6.48. The monoisotopic (exact) mass is 402 g/mol. The average Bonchev–Trinajstić information content (AvgIpc) is 3.04. The van der Waals surface area contributed by atoms with Crippen LogP contribution in [0.15, 0.2) is 60.9 Å². The first-order valence-electron chi connectivity index (χ1n) is 8.67. The van der Waals surface area contributed by atoms with Crippen molar-refractivity contribution in [2.75, 3.05) is 11.5 Å². The smallest absolute Gasteiger partial charge is 0.422 e. The number of carbonyl (C=O) groups is 1. The van der Waals surface area contributed by atoms with Crippen LogP contribution in [-0.2, 0) is 6.54 Å². The molecule has 148 valence electrons. The zero-order valence-electron chi connectivity index (χ0n) is 14.9. The molecule has 1 aliphatic heterocycles. The van der Waals surface area contributed by atoms with Crippen molar-refractivity contribution in [3.63, 3.8) is 0 Å². The Morgan fingerprint density at radius 2 is 1.66 bits per heavy atom. The molecule has 4 rings (SSSR count). The molecule has 0 aliphatic carbocycles. The number of carbonyl (C=O) groups excluding carboxylic acids is 1. The molecule has 3 aromatic rings. The Kier molecular flexibility index (Phi) is 4.70. The molecule has 0 unspecified atom stereocenters. The number of nitrogens with zero attached hydrogens (tertiary/aromatic N) is 2. The summed E-state index contributed by atoms with van der Waals surface area (Å²) in [6.07, 6.45) is -1.56. The SMILES string of the molecule is O=C1c2cncc(-c3ccccc3OCC(F)(F)F)c2CN1c1ccc(F)cc1. The van der Waals surface area contributed by atoms with E-state index in [1.165, 1.54) is 47.6 Å². The van der Waals surface area contributed by atoms with Crippen molar-refractivity contribution in [3.8, 4) is 16.9 Å². The van der Waals surface area contributed by atoms with Gasteiger partial charge < -0.3 is 9.64 Å². The number of rotatable bonds is 4. The zero-order chi connectivity index (χ0) is 20.6. The Hall–Kier alpha value is -3.42. The van der Waals surface area contributed by atoms with Crippen LogP contribution in [0.4, 0.5) is 23.2 Å². The summed E-state index contributed by atoms with van der Waals surface area (Å²) in [7, 11) is 0. The highest BCUT2D eigenvalue weighted by atomic mass is 19.4. The van der Waals surface area contributed by atoms with E-state index in [9.17, 15) is 22.4 Å². The van der Waals surface area contributed by atoms with Gasteiger partial charge in [-0.05, 0) is 35.9 Å². The number of alkyl halides is 3. The largest absolute Gasteiger partial charge is 0.483 e. The van der Waals surface area contributed by atoms with E-state index < -0.39 is 18.6 Å². The lowest BCUT2D eigenvalue weighted by Crippen LogP contribution is -2.22. The van der Waals surface area contributed by atoms with Crippen LogP contribution in [0.5, 0.6) is 5.75 Å². The molecule has 2 aromatic carbocycles. The molecule has 1 amide bonds. The fourth-order valence-corrected chi connectivity index (χ4v) is 3.25. The summed E-state index contributed by atoms with van der Waals surface area (Å²) >= 11 is 0. The quantitative estimate of drug-likeness (QED) is 0.578. The van der Waals surface area contributed by atoms with Gasteiger partial charge >= 0.3 is 6.18 Å². The number of hydrogen-bond donors (Lipinski definition) is 0. The van der Waals surface area contributed by atoms with Crippen molar-refractivity contribution in [1.82, 2.24) is 4.98 Å². The number of ether oxygens (including phenoxy) is 1. The first-order valence-corrected chi connectivity index (χ1v) is 8.67. The van der Waals surface area contributed by atoms with E-state index in [4.69, 9.17) is 4.74 Å². The minimum atomic E-state index is -4.47. The van der Waals surface area contributed by atoms with Gasteiger partial charge in [-0.15, -0.1) is 0 Å². The highest BCUT2D eigenvalue weighted by Gasteiger charge is 2.32. The predicted octanol–water partition coefficient (Wildman–Crippen LogP) is 4.99. The van der Waals surface area contributed by atoms with E-state index in [1.807, 2.05) is 0 Å². The molecule has 0 spiro atoms. The van der Waals surface area contributed by atoms with Crippen molar-refractivity contribution in [2.45, 2.75) is 12.7 Å². The lowest BCUT2D eigenvalue weighted by molar-refractivity contribution is -0.153. The van der Waals surface area contributed by atoms with Crippen LogP contribution in [0.3, 0.4) is 0 Å². The van der Waals surface area contributed by atoms with Crippen molar-refractivity contribution < 1.29 is 27.1 Å². The minimum Gasteiger partial charge on any atom is -0.483 e. The number of pyridine rings is 1. The van der Waals surface area contributed by atoms with E-state index in [1.54, 1.807) is 18.2 Å². The second-order valence-electron chi connectivity index (χ2n) is 6.48. The summed E-state index contributed by atoms with van der Waals surface area (Å²) in [4.78, 5) is 18.4. The van der Waals surface area contributed by atoms with Crippen LogP contribution in [0.1, 0.15) is 15.9 Å². The van der Waals surface area contributed by atoms with Gasteiger partial charge in [0.15, 0.2) is 6.61 Å². The molecule has 29 heavy (non-hydrogen) atoms. The highest BCUT2D eigenvalue weighted by molar-refractivity contribution is 6.11. The third-order valence-electron chi connectivity index (χ3n) is 4.56. The van der Waals surface area contributed by atoms with E-state index in [0.717, 1.165) is 0 Å². The van der Waals surface area contributed by atoms with Gasteiger partial charge in [-0.25, -0.2) is 4.39 Å². The number of amides is 1. The molecule has 1 aliphatic rings. The standard InChI is InChI=1S/C21H14F4N2O2/c22-13-5-7-14(8-6-13)27-11-18-16(9-26-10-17(18)20(27)28)15-3-1-2-4-19(15)29-12-21(23,24)25/h1-10H,11-12H2. The Morgan fingerprint density at radius 3 is 2.38 bits per heavy atom. The third-order valence-corrected chi connectivity index (χ3v) is 4.56. The summed E-state index contributed by atoms with van der Waals surface area (Å²) in [5, 5.41) is 0. The second kappa shape index (κ2) is 7.20. The van der Waals surface area contributed by atoms with E-state index in [-0.39, 0.29) is 18.2 Å². The lowest BCUT2D eigenvalue weighted by atomic mass is 9.99. The number of hydrogen-bond acceptors (Lipinski definition) is 3. The van der Waals surface area contributed by atoms with Crippen molar-refractivity contribution in [1.29, 1.82) is 0 Å². The number of benzene rings is 2. The molecule has 0 saturated carbocycles. The summed E-state index contributed by atoms with van der Waals surface area (Å²) in [6.45, 7) is -1.24. The zero-order valence-corrected chi connectivity index (χ0v) is 14.9. The van der Waals surface area contributed by atoms with Crippen molar-refractivity contribution >= 4 is 11.6 Å². The average molecular weight is 402 g/mol. The Morgan fingerprint density at radius 1 is 0.966 bits per heavy atom. The van der Waals surface area contributed by atoms with Gasteiger partial charge in [-0.3, -0.25) is 9.78 Å². The van der Waals surface area contributed by atoms with E-state index >= 15 is 0 Å². The number of halogens is 4. The Balaban J connectivity index is 1.72. The van der Waals surface area contributed by atoms with Gasteiger partial charge in [0.05, 0.1) is 12.1 Å². The summed E-state index contributed by atoms with van der Waals surface area (Å²) in [5.74, 6) is -0.682. The van der Waals surface area contributed by atoms with Gasteiger partial charge in [0.25, 0.3) is 5.91 Å². The van der Waals surface area contributed by atoms with Gasteiger partial charge in [0.2, 0.25) is 0 Å². The molecular weight excluding hydrogens is 388 g/mol. The summed E-state index contributed by atoms with van der Waals surface area (Å²) in [6, 6.07) is 11.8. The van der Waals surface area contributed by atoms with Gasteiger partial charge in [-0.2, -0.15) is 13.2 Å². The molecule has 8 heteroatoms. The van der Waals surface area contributed by atoms with Crippen LogP contribution in [0, 0.1) is 5.82 Å². The number of anilines is 1. The molecule has 0 atom stereocenters. The summed E-state index contributed by atoms with van der Waals surface area (Å²) in [5.41, 5.74) is 2.41. The van der Waals surface area contributed by atoms with Gasteiger partial charge in [0.1, 0.15) is 11.6 Å². The van der Waals surface area contributed by atoms with Crippen molar-refractivity contribution in [2.24, 2.45) is 0 Å². The molecule has 0 N–H and O–H groups in total. The predicted molar refractivity (Wildman–Crippen MR) is 98.1 cm³/mol. The number of fused-ring (bicyclic) bond motifs is 1. The highest BCUT2D eigenvalue weighted by Crippen LogP contribution is 2.38. The van der Waals surface area contributed by atoms with Crippen LogP contribution in [-0.4, -0.2) is 23.7 Å². The van der Waals surface area contributed by atoms with Crippen LogP contribution < -0.4 is 9.64 Å². The molecule has 4 nitrogen and oxygen atoms in total. The lowest BCUT2D eigenvalue weighted by Gasteiger charge is -2.16. The Labute approximate surface area is 163 Å². The van der Waals surface area contributed by atoms with Gasteiger partial charge in [-0.1, -0.05) is 18.2 Å². The maximum absolute atomic E-state index is 13.2. The maximum Gasteiger partial charge on any atom is 0.422 e. The van der Waals surface area contributed by atoms with Gasteiger partial charge in [0, 0.05) is 29.2 Å². The van der Waals surface area contributed by atoms with Crippen LogP contribution >= 0.6 is 0 Å². The normalized spacial score (nSPS) is 13.5. The summed E-state index contributed by atoms with van der Waals surface area (Å²) < 4.78 is 56.0. The minimum absolute atomic E-state index is 0.0488. The van der Waals surface area contributed by atoms with Crippen LogP contribution in [0.2, 0.25) is 0 Å². The molecule has 0 saturated heterocycles. The number of aromatic nitrogens is 1. The maximum atomic E-state index is 13.2. The molecule has 2 heterocycles. The third kappa shape index (κ3) is 3.78. The molecule has 0 radical (unpaired) electrons. The fraction of sp³-hybridized carbons (Fsp3) is 0.143. The number of para-hydroxylation sites is 1. The molecule has 1 aromatic heterocycles. The topological polar surface area (TPSA) is 42.4 Å². The molecular formula is C21H14F4N2O2. The molecule has 0 bridgehead atoms. The van der Waals surface area contributed by atoms with Crippen molar-refractivity contribution in [3.05, 3.63) is 77.9 Å². The van der Waals surface area contributed by atoms with Crippen LogP contribution in [0.25, 0.3) is 11.1 Å². The fourth-order valence-electron chi connectivity index (χ4n) is 3.25.